The molecule has 0 spiro atoms. The molecule has 0 saturated carbocycles. The predicted molar refractivity (Wildman–Crippen MR) is 116 cm³/mol. The molecule has 7 heteroatoms. The number of pyridine rings is 1. The van der Waals surface area contributed by atoms with Crippen LogP contribution in [0.2, 0.25) is 0 Å². The van der Waals surface area contributed by atoms with Crippen LogP contribution < -0.4 is 10.1 Å². The molecular formula is C24H19FN4O2. The molecule has 6 nitrogen and oxygen atoms in total. The van der Waals surface area contributed by atoms with E-state index in [1.165, 1.54) is 6.07 Å². The molecule has 0 saturated heterocycles. The summed E-state index contributed by atoms with van der Waals surface area (Å²) < 4.78 is 20.1. The summed E-state index contributed by atoms with van der Waals surface area (Å²) in [4.78, 5) is 16.2. The maximum Gasteiger partial charge on any atom is 0.150 e. The summed E-state index contributed by atoms with van der Waals surface area (Å²) in [6.45, 7) is 2.79. The van der Waals surface area contributed by atoms with E-state index in [0.717, 1.165) is 45.1 Å². The summed E-state index contributed by atoms with van der Waals surface area (Å²) in [7, 11) is 0. The molecule has 2 aromatic heterocycles. The molecule has 3 heterocycles. The molecule has 1 N–H and O–H groups in total. The Morgan fingerprint density at radius 2 is 1.97 bits per heavy atom. The van der Waals surface area contributed by atoms with E-state index in [4.69, 9.17) is 4.74 Å². The molecule has 0 bridgehead atoms. The summed E-state index contributed by atoms with van der Waals surface area (Å²) in [5, 5.41) is 12.9. The molecule has 0 radical (unpaired) electrons. The van der Waals surface area contributed by atoms with E-state index in [1.54, 1.807) is 30.7 Å². The van der Waals surface area contributed by atoms with Crippen LogP contribution in [0.5, 0.6) is 5.75 Å². The van der Waals surface area contributed by atoms with Gasteiger partial charge in [0.1, 0.15) is 17.4 Å². The monoisotopic (exact) mass is 414 g/mol. The smallest absolute Gasteiger partial charge is 0.150 e. The van der Waals surface area contributed by atoms with Crippen molar-refractivity contribution in [2.75, 3.05) is 11.9 Å². The van der Waals surface area contributed by atoms with Crippen molar-refractivity contribution < 1.29 is 13.9 Å². The summed E-state index contributed by atoms with van der Waals surface area (Å²) in [5.41, 5.74) is 4.64. The lowest BCUT2D eigenvalue weighted by atomic mass is 9.94. The van der Waals surface area contributed by atoms with Crippen LogP contribution in [0.3, 0.4) is 0 Å². The Morgan fingerprint density at radius 1 is 1.13 bits per heavy atom. The number of aromatic nitrogens is 3. The van der Waals surface area contributed by atoms with Gasteiger partial charge in [-0.2, -0.15) is 10.2 Å². The van der Waals surface area contributed by atoms with E-state index >= 15 is 0 Å². The fourth-order valence-electron chi connectivity index (χ4n) is 4.17. The van der Waals surface area contributed by atoms with Gasteiger partial charge in [-0.15, -0.1) is 0 Å². The van der Waals surface area contributed by atoms with Crippen molar-refractivity contribution in [1.29, 1.82) is 0 Å². The maximum atomic E-state index is 14.5. The van der Waals surface area contributed by atoms with Crippen molar-refractivity contribution >= 4 is 22.9 Å². The van der Waals surface area contributed by atoms with Crippen molar-refractivity contribution in [3.05, 3.63) is 77.0 Å². The van der Waals surface area contributed by atoms with Crippen LogP contribution in [-0.2, 0) is 13.0 Å². The highest BCUT2D eigenvalue weighted by molar-refractivity contribution is 6.04. The number of anilines is 1. The second kappa shape index (κ2) is 7.75. The van der Waals surface area contributed by atoms with E-state index in [2.05, 4.69) is 20.5 Å². The van der Waals surface area contributed by atoms with E-state index in [-0.39, 0.29) is 12.4 Å². The number of aryl methyl sites for hydroxylation is 1. The summed E-state index contributed by atoms with van der Waals surface area (Å²) >= 11 is 0. The minimum Gasteiger partial charge on any atom is -0.493 e. The first-order valence-electron chi connectivity index (χ1n) is 9.99. The van der Waals surface area contributed by atoms with Gasteiger partial charge in [-0.25, -0.2) is 9.37 Å². The topological polar surface area (TPSA) is 77.0 Å². The molecule has 5 rings (SSSR count). The molecule has 2 aromatic carbocycles. The lowest BCUT2D eigenvalue weighted by molar-refractivity contribution is 0.112. The molecule has 0 fully saturated rings. The number of rotatable bonds is 5. The average Bonchev–Trinajstić information content (AvgIpc) is 3.27. The SMILES string of the molecule is Cc1cccc(C=O)c1-c1cnc(NCc2c(F)ccc3c2CCO3)c2cnncc12. The Morgan fingerprint density at radius 3 is 2.81 bits per heavy atom. The van der Waals surface area contributed by atoms with Crippen LogP contribution in [0, 0.1) is 12.7 Å². The number of nitrogens with zero attached hydrogens (tertiary/aromatic N) is 3. The second-order valence-electron chi connectivity index (χ2n) is 7.45. The fourth-order valence-corrected chi connectivity index (χ4v) is 4.17. The third kappa shape index (κ3) is 3.28. The zero-order valence-corrected chi connectivity index (χ0v) is 16.9. The summed E-state index contributed by atoms with van der Waals surface area (Å²) in [5.74, 6) is 1.04. The predicted octanol–water partition coefficient (Wildman–Crippen LogP) is 4.50. The highest BCUT2D eigenvalue weighted by atomic mass is 19.1. The van der Waals surface area contributed by atoms with Crippen molar-refractivity contribution in [3.63, 3.8) is 0 Å². The Labute approximate surface area is 178 Å². The van der Waals surface area contributed by atoms with Crippen LogP contribution in [0.4, 0.5) is 10.2 Å². The molecule has 1 aliphatic heterocycles. The molecule has 0 unspecified atom stereocenters. The third-order valence-corrected chi connectivity index (χ3v) is 5.67. The highest BCUT2D eigenvalue weighted by Crippen LogP contribution is 2.35. The van der Waals surface area contributed by atoms with Gasteiger partial charge in [-0.1, -0.05) is 18.2 Å². The fraction of sp³-hybridized carbons (Fsp3) is 0.167. The normalized spacial score (nSPS) is 12.5. The Balaban J connectivity index is 1.57. The number of ether oxygens (including phenoxy) is 1. The van der Waals surface area contributed by atoms with Crippen LogP contribution in [-0.4, -0.2) is 28.1 Å². The molecule has 0 atom stereocenters. The number of aldehydes is 1. The Hall–Kier alpha value is -3.87. The number of halogens is 1. The number of hydrogen-bond donors (Lipinski definition) is 1. The van der Waals surface area contributed by atoms with Gasteiger partial charge in [-0.05, 0) is 30.2 Å². The minimum absolute atomic E-state index is 0.270. The van der Waals surface area contributed by atoms with Gasteiger partial charge < -0.3 is 10.1 Å². The number of nitrogens with one attached hydrogen (secondary N) is 1. The molecule has 0 aliphatic carbocycles. The van der Waals surface area contributed by atoms with Gasteiger partial charge in [0.15, 0.2) is 6.29 Å². The third-order valence-electron chi connectivity index (χ3n) is 5.67. The zero-order chi connectivity index (χ0) is 21.4. The van der Waals surface area contributed by atoms with Crippen molar-refractivity contribution in [1.82, 2.24) is 15.2 Å². The summed E-state index contributed by atoms with van der Waals surface area (Å²) in [6.07, 6.45) is 6.53. The number of carbonyl (C=O) groups excluding carboxylic acids is 1. The second-order valence-corrected chi connectivity index (χ2v) is 7.45. The van der Waals surface area contributed by atoms with Gasteiger partial charge in [0, 0.05) is 52.2 Å². The number of fused-ring (bicyclic) bond motifs is 2. The zero-order valence-electron chi connectivity index (χ0n) is 16.9. The van der Waals surface area contributed by atoms with Crippen molar-refractivity contribution in [2.24, 2.45) is 0 Å². The van der Waals surface area contributed by atoms with E-state index in [1.807, 2.05) is 19.1 Å². The van der Waals surface area contributed by atoms with Crippen LogP contribution >= 0.6 is 0 Å². The van der Waals surface area contributed by atoms with Gasteiger partial charge in [0.25, 0.3) is 0 Å². The molecule has 154 valence electrons. The maximum absolute atomic E-state index is 14.5. The summed E-state index contributed by atoms with van der Waals surface area (Å²) in [6, 6.07) is 8.69. The Bertz CT molecular complexity index is 1320. The largest absolute Gasteiger partial charge is 0.493 e. The van der Waals surface area contributed by atoms with Gasteiger partial charge in [0.05, 0.1) is 19.0 Å². The minimum atomic E-state index is -0.270. The van der Waals surface area contributed by atoms with Gasteiger partial charge >= 0.3 is 0 Å². The first kappa shape index (κ1) is 19.1. The lowest BCUT2D eigenvalue weighted by Crippen LogP contribution is -2.07. The molecule has 0 amide bonds. The van der Waals surface area contributed by atoms with Gasteiger partial charge in [-0.3, -0.25) is 4.79 Å². The standard InChI is InChI=1S/C24H19FN4O2/c1-14-3-2-4-15(13-30)23(14)19-10-27-24(20-12-29-28-11-17(19)20)26-9-18-16-7-8-31-22(16)6-5-21(18)25/h2-6,10-13H,7-9H2,1H3,(H,26,27). The van der Waals surface area contributed by atoms with Crippen molar-refractivity contribution in [2.45, 2.75) is 19.9 Å². The molecule has 1 aliphatic rings. The molecule has 31 heavy (non-hydrogen) atoms. The Kier molecular flexibility index (Phi) is 4.78. The number of benzene rings is 2. The van der Waals surface area contributed by atoms with Crippen LogP contribution in [0.1, 0.15) is 27.0 Å². The van der Waals surface area contributed by atoms with Crippen LogP contribution in [0.15, 0.2) is 48.9 Å². The number of carbonyl (C=O) groups is 1. The quantitative estimate of drug-likeness (QED) is 0.485. The first-order valence-corrected chi connectivity index (χ1v) is 9.99. The van der Waals surface area contributed by atoms with E-state index < -0.39 is 0 Å². The van der Waals surface area contributed by atoms with Crippen LogP contribution in [0.25, 0.3) is 21.9 Å². The molecule has 4 aromatic rings. The van der Waals surface area contributed by atoms with Crippen molar-refractivity contribution in [3.8, 4) is 16.9 Å². The van der Waals surface area contributed by atoms with E-state index in [0.29, 0.717) is 30.0 Å². The average molecular weight is 414 g/mol. The first-order chi connectivity index (χ1) is 15.2. The number of hydrogen-bond acceptors (Lipinski definition) is 6. The van der Waals surface area contributed by atoms with E-state index in [9.17, 15) is 9.18 Å². The lowest BCUT2D eigenvalue weighted by Gasteiger charge is -2.15. The molecular weight excluding hydrogens is 395 g/mol. The van der Waals surface area contributed by atoms with Gasteiger partial charge in [0.2, 0.25) is 0 Å². The highest BCUT2D eigenvalue weighted by Gasteiger charge is 2.20.